The molecule has 0 aromatic heterocycles. The highest BCUT2D eigenvalue weighted by Crippen LogP contribution is 2.19. The standard InChI is InChI=1S/C13H30N2O/c1-4-7-9-13(6-3,11-14)15-12(5-2)8-10-16/h12,15-16H,4-11,14H2,1-3H3. The summed E-state index contributed by atoms with van der Waals surface area (Å²) in [7, 11) is 0. The molecule has 0 saturated carbocycles. The van der Waals surface area contributed by atoms with Crippen molar-refractivity contribution >= 4 is 0 Å². The van der Waals surface area contributed by atoms with Crippen LogP contribution in [-0.2, 0) is 0 Å². The second-order valence-electron chi connectivity index (χ2n) is 4.70. The Morgan fingerprint density at radius 3 is 2.38 bits per heavy atom. The molecule has 0 fully saturated rings. The number of aliphatic hydroxyl groups excluding tert-OH is 1. The summed E-state index contributed by atoms with van der Waals surface area (Å²) in [5, 5.41) is 12.7. The fourth-order valence-electron chi connectivity index (χ4n) is 2.14. The van der Waals surface area contributed by atoms with Crippen molar-refractivity contribution in [3.8, 4) is 0 Å². The minimum Gasteiger partial charge on any atom is -0.396 e. The van der Waals surface area contributed by atoms with Crippen LogP contribution in [0.25, 0.3) is 0 Å². The van der Waals surface area contributed by atoms with Gasteiger partial charge in [-0.15, -0.1) is 0 Å². The van der Waals surface area contributed by atoms with Gasteiger partial charge in [-0.1, -0.05) is 33.6 Å². The highest BCUT2D eigenvalue weighted by molar-refractivity contribution is 4.90. The summed E-state index contributed by atoms with van der Waals surface area (Å²) in [5.74, 6) is 0. The third-order valence-electron chi connectivity index (χ3n) is 3.56. The minimum absolute atomic E-state index is 0.0753. The van der Waals surface area contributed by atoms with Gasteiger partial charge in [0.15, 0.2) is 0 Å². The van der Waals surface area contributed by atoms with E-state index < -0.39 is 0 Å². The van der Waals surface area contributed by atoms with Gasteiger partial charge in [-0.2, -0.15) is 0 Å². The Bertz CT molecular complexity index is 158. The van der Waals surface area contributed by atoms with Crippen LogP contribution in [0.3, 0.4) is 0 Å². The van der Waals surface area contributed by atoms with Crippen LogP contribution in [0, 0.1) is 0 Å². The first-order valence-corrected chi connectivity index (χ1v) is 6.76. The molecule has 0 spiro atoms. The number of aliphatic hydroxyl groups is 1. The van der Waals surface area contributed by atoms with E-state index in [0.29, 0.717) is 12.6 Å². The molecular weight excluding hydrogens is 200 g/mol. The largest absolute Gasteiger partial charge is 0.396 e. The van der Waals surface area contributed by atoms with E-state index in [1.165, 1.54) is 12.8 Å². The van der Waals surface area contributed by atoms with Gasteiger partial charge in [0, 0.05) is 24.7 Å². The van der Waals surface area contributed by atoms with Crippen molar-refractivity contribution in [2.24, 2.45) is 5.73 Å². The summed E-state index contributed by atoms with van der Waals surface area (Å²) in [4.78, 5) is 0. The number of nitrogens with one attached hydrogen (secondary N) is 1. The van der Waals surface area contributed by atoms with E-state index in [2.05, 4.69) is 26.1 Å². The lowest BCUT2D eigenvalue weighted by Gasteiger charge is -2.37. The quantitative estimate of drug-likeness (QED) is 0.538. The Morgan fingerprint density at radius 2 is 2.00 bits per heavy atom. The molecule has 0 aromatic rings. The number of hydrogen-bond donors (Lipinski definition) is 3. The first kappa shape index (κ1) is 15.9. The van der Waals surface area contributed by atoms with E-state index in [-0.39, 0.29) is 12.1 Å². The van der Waals surface area contributed by atoms with Gasteiger partial charge in [0.25, 0.3) is 0 Å². The van der Waals surface area contributed by atoms with Gasteiger partial charge in [-0.25, -0.2) is 0 Å². The van der Waals surface area contributed by atoms with Gasteiger partial charge in [-0.05, 0) is 25.7 Å². The third-order valence-corrected chi connectivity index (χ3v) is 3.56. The lowest BCUT2D eigenvalue weighted by atomic mass is 9.88. The van der Waals surface area contributed by atoms with Gasteiger partial charge < -0.3 is 16.2 Å². The van der Waals surface area contributed by atoms with Crippen molar-refractivity contribution in [3.05, 3.63) is 0 Å². The van der Waals surface area contributed by atoms with Crippen LogP contribution in [0.15, 0.2) is 0 Å². The number of rotatable bonds is 10. The fourth-order valence-corrected chi connectivity index (χ4v) is 2.14. The first-order valence-electron chi connectivity index (χ1n) is 6.76. The van der Waals surface area contributed by atoms with Crippen LogP contribution >= 0.6 is 0 Å². The van der Waals surface area contributed by atoms with Crippen molar-refractivity contribution in [3.63, 3.8) is 0 Å². The van der Waals surface area contributed by atoms with E-state index in [0.717, 1.165) is 25.7 Å². The summed E-state index contributed by atoms with van der Waals surface area (Å²) in [6.45, 7) is 7.50. The molecule has 0 aromatic carbocycles. The smallest absolute Gasteiger partial charge is 0.0445 e. The van der Waals surface area contributed by atoms with Crippen molar-refractivity contribution in [1.29, 1.82) is 0 Å². The minimum atomic E-state index is 0.0753. The molecule has 2 atom stereocenters. The molecular formula is C13H30N2O. The number of nitrogens with two attached hydrogens (primary N) is 1. The summed E-state index contributed by atoms with van der Waals surface area (Å²) < 4.78 is 0. The Kier molecular flexibility index (Phi) is 8.90. The molecule has 0 rings (SSSR count). The molecule has 3 heteroatoms. The highest BCUT2D eigenvalue weighted by atomic mass is 16.3. The third kappa shape index (κ3) is 5.28. The fraction of sp³-hybridized carbons (Fsp3) is 1.00. The van der Waals surface area contributed by atoms with Crippen LogP contribution in [0.2, 0.25) is 0 Å². The average Bonchev–Trinajstić information content (AvgIpc) is 2.33. The zero-order valence-electron chi connectivity index (χ0n) is 11.3. The van der Waals surface area contributed by atoms with Crippen molar-refractivity contribution in [2.75, 3.05) is 13.2 Å². The summed E-state index contributed by atoms with van der Waals surface area (Å²) >= 11 is 0. The van der Waals surface area contributed by atoms with Gasteiger partial charge in [0.05, 0.1) is 0 Å². The highest BCUT2D eigenvalue weighted by Gasteiger charge is 2.27. The van der Waals surface area contributed by atoms with E-state index in [4.69, 9.17) is 10.8 Å². The monoisotopic (exact) mass is 230 g/mol. The topological polar surface area (TPSA) is 58.3 Å². The summed E-state index contributed by atoms with van der Waals surface area (Å²) in [6, 6.07) is 0.394. The Balaban J connectivity index is 4.37. The number of hydrogen-bond acceptors (Lipinski definition) is 3. The first-order chi connectivity index (χ1) is 7.67. The Labute approximate surface area is 101 Å². The van der Waals surface area contributed by atoms with Crippen LogP contribution in [0.1, 0.15) is 59.3 Å². The molecule has 98 valence electrons. The van der Waals surface area contributed by atoms with Crippen molar-refractivity contribution in [1.82, 2.24) is 5.32 Å². The zero-order chi connectivity index (χ0) is 12.4. The molecule has 0 bridgehead atoms. The molecule has 0 amide bonds. The number of unbranched alkanes of at least 4 members (excludes halogenated alkanes) is 1. The predicted molar refractivity (Wildman–Crippen MR) is 70.5 cm³/mol. The molecule has 0 heterocycles. The van der Waals surface area contributed by atoms with Gasteiger partial charge in [0.1, 0.15) is 0 Å². The molecule has 3 nitrogen and oxygen atoms in total. The molecule has 0 aliphatic rings. The average molecular weight is 230 g/mol. The van der Waals surface area contributed by atoms with Gasteiger partial charge >= 0.3 is 0 Å². The molecule has 2 unspecified atom stereocenters. The van der Waals surface area contributed by atoms with Crippen LogP contribution < -0.4 is 11.1 Å². The summed E-state index contributed by atoms with van der Waals surface area (Å²) in [5.41, 5.74) is 6.01. The SMILES string of the molecule is CCCCC(CC)(CN)NC(CC)CCO. The molecule has 0 aliphatic carbocycles. The van der Waals surface area contributed by atoms with Crippen LogP contribution in [-0.4, -0.2) is 29.8 Å². The summed E-state index contributed by atoms with van der Waals surface area (Å²) in [6.07, 6.45) is 6.50. The maximum atomic E-state index is 9.01. The van der Waals surface area contributed by atoms with E-state index in [1.54, 1.807) is 0 Å². The molecule has 16 heavy (non-hydrogen) atoms. The normalized spacial score (nSPS) is 17.1. The second-order valence-corrected chi connectivity index (χ2v) is 4.70. The van der Waals surface area contributed by atoms with Crippen molar-refractivity contribution < 1.29 is 5.11 Å². The maximum absolute atomic E-state index is 9.01. The zero-order valence-corrected chi connectivity index (χ0v) is 11.3. The van der Waals surface area contributed by atoms with E-state index in [9.17, 15) is 0 Å². The van der Waals surface area contributed by atoms with Crippen LogP contribution in [0.5, 0.6) is 0 Å². The molecule has 4 N–H and O–H groups in total. The second kappa shape index (κ2) is 8.97. The van der Waals surface area contributed by atoms with Gasteiger partial charge in [0.2, 0.25) is 0 Å². The van der Waals surface area contributed by atoms with Crippen LogP contribution in [0.4, 0.5) is 0 Å². The molecule has 0 saturated heterocycles. The van der Waals surface area contributed by atoms with Crippen molar-refractivity contribution in [2.45, 2.75) is 70.9 Å². The molecule has 0 radical (unpaired) electrons. The van der Waals surface area contributed by atoms with Gasteiger partial charge in [-0.3, -0.25) is 0 Å². The lowest BCUT2D eigenvalue weighted by Crippen LogP contribution is -2.54. The lowest BCUT2D eigenvalue weighted by molar-refractivity contribution is 0.211. The Hall–Kier alpha value is -0.120. The maximum Gasteiger partial charge on any atom is 0.0445 e. The Morgan fingerprint density at radius 1 is 1.31 bits per heavy atom. The molecule has 0 aliphatic heterocycles. The van der Waals surface area contributed by atoms with E-state index in [1.807, 2.05) is 0 Å². The predicted octanol–water partition coefficient (Wildman–Crippen LogP) is 2.03. The van der Waals surface area contributed by atoms with E-state index >= 15 is 0 Å².